The standard InChI is InChI=1S/C22H28N4O2S/c1-2-11-25-17-8-3-4-9-18(17)26(22(25)28)16-21(27)23-15-19(20-10-7-14-29-20)24-12-5-6-13-24/h3-4,7-10,14,19H,2,5-6,11-13,15-16H2,1H3,(H,23,27). The van der Waals surface area contributed by atoms with Crippen molar-refractivity contribution in [3.8, 4) is 0 Å². The molecule has 7 heteroatoms. The van der Waals surface area contributed by atoms with Crippen LogP contribution in [0.15, 0.2) is 46.6 Å². The van der Waals surface area contributed by atoms with E-state index in [-0.39, 0.29) is 24.2 Å². The molecular weight excluding hydrogens is 384 g/mol. The van der Waals surface area contributed by atoms with Crippen LogP contribution in [0, 0.1) is 0 Å². The van der Waals surface area contributed by atoms with Crippen LogP contribution in [0.4, 0.5) is 0 Å². The SMILES string of the molecule is CCCn1c(=O)n(CC(=O)NCC(c2cccs2)N2CCCC2)c2ccccc21. The van der Waals surface area contributed by atoms with Crippen molar-refractivity contribution in [2.24, 2.45) is 0 Å². The fourth-order valence-electron chi connectivity index (χ4n) is 4.22. The van der Waals surface area contributed by atoms with E-state index >= 15 is 0 Å². The maximum atomic E-state index is 12.9. The van der Waals surface area contributed by atoms with Gasteiger partial charge in [0.2, 0.25) is 5.91 Å². The Bertz CT molecular complexity index is 1020. The van der Waals surface area contributed by atoms with Crippen molar-refractivity contribution >= 4 is 28.3 Å². The summed E-state index contributed by atoms with van der Waals surface area (Å²) < 4.78 is 3.36. The van der Waals surface area contributed by atoms with Gasteiger partial charge in [0.25, 0.3) is 0 Å². The van der Waals surface area contributed by atoms with E-state index < -0.39 is 0 Å². The number of benzene rings is 1. The molecule has 1 unspecified atom stereocenters. The summed E-state index contributed by atoms with van der Waals surface area (Å²) in [5.41, 5.74) is 1.59. The molecule has 0 bridgehead atoms. The molecule has 1 fully saturated rings. The highest BCUT2D eigenvalue weighted by Gasteiger charge is 2.25. The zero-order valence-electron chi connectivity index (χ0n) is 16.8. The molecule has 29 heavy (non-hydrogen) atoms. The van der Waals surface area contributed by atoms with Crippen molar-refractivity contribution in [3.05, 3.63) is 57.1 Å². The monoisotopic (exact) mass is 412 g/mol. The highest BCUT2D eigenvalue weighted by molar-refractivity contribution is 7.10. The van der Waals surface area contributed by atoms with Crippen LogP contribution < -0.4 is 11.0 Å². The van der Waals surface area contributed by atoms with Gasteiger partial charge in [-0.05, 0) is 55.9 Å². The van der Waals surface area contributed by atoms with Crippen molar-refractivity contribution < 1.29 is 4.79 Å². The van der Waals surface area contributed by atoms with Crippen molar-refractivity contribution in [2.45, 2.75) is 45.3 Å². The second-order valence-electron chi connectivity index (χ2n) is 7.59. The lowest BCUT2D eigenvalue weighted by atomic mass is 10.2. The van der Waals surface area contributed by atoms with Gasteiger partial charge in [-0.15, -0.1) is 11.3 Å². The Labute approximate surface area is 174 Å². The molecule has 3 heterocycles. The van der Waals surface area contributed by atoms with E-state index in [9.17, 15) is 9.59 Å². The molecule has 0 aliphatic carbocycles. The summed E-state index contributed by atoms with van der Waals surface area (Å²) in [6.45, 7) is 5.47. The number of hydrogen-bond acceptors (Lipinski definition) is 4. The summed E-state index contributed by atoms with van der Waals surface area (Å²) >= 11 is 1.74. The minimum Gasteiger partial charge on any atom is -0.353 e. The Morgan fingerprint density at radius 3 is 2.48 bits per heavy atom. The summed E-state index contributed by atoms with van der Waals surface area (Å²) in [5, 5.41) is 5.17. The first-order valence-corrected chi connectivity index (χ1v) is 11.3. The van der Waals surface area contributed by atoms with Gasteiger partial charge in [-0.2, -0.15) is 0 Å². The van der Waals surface area contributed by atoms with Crippen LogP contribution in [0.5, 0.6) is 0 Å². The number of nitrogens with one attached hydrogen (secondary N) is 1. The molecule has 4 rings (SSSR count). The second-order valence-corrected chi connectivity index (χ2v) is 8.57. The fourth-order valence-corrected chi connectivity index (χ4v) is 5.08. The molecule has 1 N–H and O–H groups in total. The zero-order chi connectivity index (χ0) is 20.2. The smallest absolute Gasteiger partial charge is 0.329 e. The van der Waals surface area contributed by atoms with Gasteiger partial charge in [0, 0.05) is 18.0 Å². The van der Waals surface area contributed by atoms with Gasteiger partial charge in [0.15, 0.2) is 0 Å². The van der Waals surface area contributed by atoms with Crippen molar-refractivity contribution in [2.75, 3.05) is 19.6 Å². The third kappa shape index (κ3) is 4.16. The predicted molar refractivity (Wildman–Crippen MR) is 117 cm³/mol. The first kappa shape index (κ1) is 19.9. The number of thiophene rings is 1. The van der Waals surface area contributed by atoms with Crippen LogP contribution >= 0.6 is 11.3 Å². The van der Waals surface area contributed by atoms with Gasteiger partial charge in [-0.25, -0.2) is 4.79 Å². The second kappa shape index (κ2) is 8.97. The summed E-state index contributed by atoms with van der Waals surface area (Å²) in [7, 11) is 0. The number of nitrogens with zero attached hydrogens (tertiary/aromatic N) is 3. The average Bonchev–Trinajstić information content (AvgIpc) is 3.48. The predicted octanol–water partition coefficient (Wildman–Crippen LogP) is 3.23. The molecule has 0 spiro atoms. The van der Waals surface area contributed by atoms with Gasteiger partial charge < -0.3 is 5.32 Å². The van der Waals surface area contributed by atoms with E-state index in [1.54, 1.807) is 20.5 Å². The molecule has 2 aromatic heterocycles. The molecular formula is C22H28N4O2S. The number of amides is 1. The first-order valence-electron chi connectivity index (χ1n) is 10.4. The molecule has 1 saturated heterocycles. The van der Waals surface area contributed by atoms with Gasteiger partial charge >= 0.3 is 5.69 Å². The highest BCUT2D eigenvalue weighted by Crippen LogP contribution is 2.27. The summed E-state index contributed by atoms with van der Waals surface area (Å²) in [5.74, 6) is -0.118. The average molecular weight is 413 g/mol. The normalized spacial score (nSPS) is 15.8. The number of para-hydroxylation sites is 2. The lowest BCUT2D eigenvalue weighted by molar-refractivity contribution is -0.121. The molecule has 1 aromatic carbocycles. The maximum absolute atomic E-state index is 12.9. The number of aromatic nitrogens is 2. The lowest BCUT2D eigenvalue weighted by Gasteiger charge is -2.27. The molecule has 3 aromatic rings. The molecule has 1 amide bonds. The molecule has 1 atom stereocenters. The van der Waals surface area contributed by atoms with E-state index in [1.165, 1.54) is 17.7 Å². The first-order chi connectivity index (χ1) is 14.2. The maximum Gasteiger partial charge on any atom is 0.329 e. The third-order valence-corrected chi connectivity index (χ3v) is 6.59. The summed E-state index contributed by atoms with van der Waals surface area (Å²) in [6.07, 6.45) is 3.29. The van der Waals surface area contributed by atoms with E-state index in [1.807, 2.05) is 31.2 Å². The lowest BCUT2D eigenvalue weighted by Crippen LogP contribution is -2.39. The molecule has 1 aliphatic rings. The highest BCUT2D eigenvalue weighted by atomic mass is 32.1. The Morgan fingerprint density at radius 2 is 1.83 bits per heavy atom. The van der Waals surface area contributed by atoms with Crippen LogP contribution in [0.2, 0.25) is 0 Å². The largest absolute Gasteiger partial charge is 0.353 e. The number of rotatable bonds is 8. The Balaban J connectivity index is 1.50. The molecule has 6 nitrogen and oxygen atoms in total. The van der Waals surface area contributed by atoms with Crippen LogP contribution in [-0.4, -0.2) is 39.6 Å². The number of imidazole rings is 1. The molecule has 1 aliphatic heterocycles. The number of fused-ring (bicyclic) bond motifs is 1. The number of carbonyl (C=O) groups is 1. The Hall–Kier alpha value is -2.38. The van der Waals surface area contributed by atoms with Crippen LogP contribution in [0.1, 0.15) is 37.1 Å². The number of aryl methyl sites for hydroxylation is 1. The zero-order valence-corrected chi connectivity index (χ0v) is 17.7. The van der Waals surface area contributed by atoms with E-state index in [4.69, 9.17) is 0 Å². The molecule has 0 radical (unpaired) electrons. The number of carbonyl (C=O) groups excluding carboxylic acids is 1. The van der Waals surface area contributed by atoms with Crippen molar-refractivity contribution in [1.82, 2.24) is 19.4 Å². The van der Waals surface area contributed by atoms with Gasteiger partial charge in [0.1, 0.15) is 6.54 Å². The fraction of sp³-hybridized carbons (Fsp3) is 0.455. The summed E-state index contributed by atoms with van der Waals surface area (Å²) in [4.78, 5) is 29.4. The van der Waals surface area contributed by atoms with E-state index in [2.05, 4.69) is 27.7 Å². The topological polar surface area (TPSA) is 59.3 Å². The van der Waals surface area contributed by atoms with Gasteiger partial charge in [-0.3, -0.25) is 18.8 Å². The van der Waals surface area contributed by atoms with E-state index in [0.29, 0.717) is 13.1 Å². The van der Waals surface area contributed by atoms with E-state index in [0.717, 1.165) is 30.5 Å². The summed E-state index contributed by atoms with van der Waals surface area (Å²) in [6, 6.07) is 12.1. The van der Waals surface area contributed by atoms with Crippen LogP contribution in [0.3, 0.4) is 0 Å². The Morgan fingerprint density at radius 1 is 1.10 bits per heavy atom. The molecule has 0 saturated carbocycles. The minimum atomic E-state index is -0.118. The van der Waals surface area contributed by atoms with Crippen LogP contribution in [0.25, 0.3) is 11.0 Å². The quantitative estimate of drug-likeness (QED) is 0.618. The van der Waals surface area contributed by atoms with Gasteiger partial charge in [0.05, 0.1) is 17.1 Å². The van der Waals surface area contributed by atoms with Crippen molar-refractivity contribution in [3.63, 3.8) is 0 Å². The Kier molecular flexibility index (Phi) is 6.16. The number of hydrogen-bond donors (Lipinski definition) is 1. The molecule has 154 valence electrons. The van der Waals surface area contributed by atoms with Gasteiger partial charge in [-0.1, -0.05) is 25.1 Å². The minimum absolute atomic E-state index is 0.0488. The third-order valence-electron chi connectivity index (χ3n) is 5.62. The van der Waals surface area contributed by atoms with Crippen molar-refractivity contribution in [1.29, 1.82) is 0 Å². The number of likely N-dealkylation sites (tertiary alicyclic amines) is 1. The van der Waals surface area contributed by atoms with Crippen LogP contribution in [-0.2, 0) is 17.9 Å².